The van der Waals surface area contributed by atoms with Gasteiger partial charge >= 0.3 is 0 Å². The number of amides is 1. The van der Waals surface area contributed by atoms with Gasteiger partial charge in [0.2, 0.25) is 0 Å². The number of fused-ring (bicyclic) bond motifs is 1. The molecular weight excluding hydrogens is 413 g/mol. The Kier molecular flexibility index (Phi) is 5.59. The Morgan fingerprint density at radius 3 is 2.84 bits per heavy atom. The smallest absolute Gasteiger partial charge is 0.262 e. The fourth-order valence-electron chi connectivity index (χ4n) is 4.34. The fraction of sp³-hybridized carbons (Fsp3) is 0.333. The van der Waals surface area contributed by atoms with Crippen LogP contribution in [0.1, 0.15) is 32.1 Å². The number of carbonyl (C=O) groups excluding carboxylic acids is 1. The minimum Gasteiger partial charge on any atom is -0.482 e. The quantitative estimate of drug-likeness (QED) is 0.586. The minimum atomic E-state index is -0.324. The molecule has 2 aromatic carbocycles. The standard InChI is InChI=1S/C24H24FN3O2S/c25-18-8-4-5-9-19(18)27-24-28(13-16-6-2-1-3-7-16)21(15-31-24)17-10-11-22-20(12-17)26-23(29)14-30-22/h4-5,8-12,15-16H,1-3,6-7,13-14H2,(H,26,29). The number of hydrogen-bond donors (Lipinski definition) is 1. The average molecular weight is 438 g/mol. The molecule has 0 radical (unpaired) electrons. The van der Waals surface area contributed by atoms with Gasteiger partial charge in [0.25, 0.3) is 5.91 Å². The number of nitrogens with one attached hydrogen (secondary N) is 1. The van der Waals surface area contributed by atoms with Crippen LogP contribution in [0.3, 0.4) is 0 Å². The van der Waals surface area contributed by atoms with Crippen molar-refractivity contribution in [2.75, 3.05) is 11.9 Å². The third-order valence-corrected chi connectivity index (χ3v) is 6.80. The number of anilines is 1. The second-order valence-electron chi connectivity index (χ2n) is 8.13. The number of rotatable bonds is 4. The molecule has 1 fully saturated rings. The van der Waals surface area contributed by atoms with Gasteiger partial charge in [0, 0.05) is 17.5 Å². The van der Waals surface area contributed by atoms with Crippen molar-refractivity contribution in [2.45, 2.75) is 38.6 Å². The van der Waals surface area contributed by atoms with Crippen molar-refractivity contribution in [3.8, 4) is 17.0 Å². The number of ether oxygens (including phenoxy) is 1. The first-order valence-corrected chi connectivity index (χ1v) is 11.6. The van der Waals surface area contributed by atoms with E-state index in [0.29, 0.717) is 23.0 Å². The van der Waals surface area contributed by atoms with E-state index in [1.807, 2.05) is 18.2 Å². The van der Waals surface area contributed by atoms with Gasteiger partial charge < -0.3 is 14.6 Å². The summed E-state index contributed by atoms with van der Waals surface area (Å²) in [5.41, 5.74) is 3.02. The zero-order valence-corrected chi connectivity index (χ0v) is 18.0. The van der Waals surface area contributed by atoms with Crippen molar-refractivity contribution in [1.29, 1.82) is 0 Å². The molecule has 1 saturated carbocycles. The number of benzene rings is 2. The van der Waals surface area contributed by atoms with Crippen molar-refractivity contribution >= 4 is 28.6 Å². The Bertz CT molecular complexity index is 1180. The first-order valence-electron chi connectivity index (χ1n) is 10.7. The molecule has 1 aliphatic heterocycles. The Balaban J connectivity index is 1.59. The van der Waals surface area contributed by atoms with Crippen LogP contribution in [-0.4, -0.2) is 17.1 Å². The number of para-hydroxylation sites is 1. The topological polar surface area (TPSA) is 55.6 Å². The highest BCUT2D eigenvalue weighted by molar-refractivity contribution is 7.07. The lowest BCUT2D eigenvalue weighted by atomic mass is 9.89. The maximum Gasteiger partial charge on any atom is 0.262 e. The third kappa shape index (κ3) is 4.28. The molecular formula is C24H24FN3O2S. The van der Waals surface area contributed by atoms with Gasteiger partial charge in [0.15, 0.2) is 11.4 Å². The van der Waals surface area contributed by atoms with Crippen LogP contribution < -0.4 is 14.9 Å². The van der Waals surface area contributed by atoms with E-state index in [1.54, 1.807) is 18.2 Å². The zero-order chi connectivity index (χ0) is 21.2. The molecule has 7 heteroatoms. The summed E-state index contributed by atoms with van der Waals surface area (Å²) < 4.78 is 22.0. The summed E-state index contributed by atoms with van der Waals surface area (Å²) in [6.07, 6.45) is 6.22. The van der Waals surface area contributed by atoms with Gasteiger partial charge in [0.05, 0.1) is 11.4 Å². The molecule has 1 amide bonds. The molecule has 2 aliphatic rings. The highest BCUT2D eigenvalue weighted by Crippen LogP contribution is 2.34. The second kappa shape index (κ2) is 8.67. The lowest BCUT2D eigenvalue weighted by Crippen LogP contribution is -2.25. The lowest BCUT2D eigenvalue weighted by molar-refractivity contribution is -0.118. The predicted octanol–water partition coefficient (Wildman–Crippen LogP) is 5.50. The van der Waals surface area contributed by atoms with Gasteiger partial charge in [-0.1, -0.05) is 31.4 Å². The van der Waals surface area contributed by atoms with E-state index in [0.717, 1.165) is 22.6 Å². The molecule has 1 aromatic heterocycles. The monoisotopic (exact) mass is 437 g/mol. The SMILES string of the molecule is O=C1COc2ccc(-c3csc(=Nc4ccccc4F)n3CC3CCCCC3)cc2N1. The van der Waals surface area contributed by atoms with Crippen molar-refractivity contribution in [3.63, 3.8) is 0 Å². The predicted molar refractivity (Wildman–Crippen MR) is 120 cm³/mol. The average Bonchev–Trinajstić information content (AvgIpc) is 3.17. The van der Waals surface area contributed by atoms with Crippen molar-refractivity contribution < 1.29 is 13.9 Å². The van der Waals surface area contributed by atoms with Gasteiger partial charge in [-0.05, 0) is 49.1 Å². The van der Waals surface area contributed by atoms with E-state index in [2.05, 4.69) is 20.3 Å². The van der Waals surface area contributed by atoms with Crippen LogP contribution in [0.4, 0.5) is 15.8 Å². The van der Waals surface area contributed by atoms with Crippen LogP contribution in [0.25, 0.3) is 11.3 Å². The summed E-state index contributed by atoms with van der Waals surface area (Å²) in [5, 5.41) is 4.95. The van der Waals surface area contributed by atoms with E-state index in [-0.39, 0.29) is 18.3 Å². The van der Waals surface area contributed by atoms with Crippen molar-refractivity contribution in [3.05, 3.63) is 58.5 Å². The molecule has 2 heterocycles. The van der Waals surface area contributed by atoms with Gasteiger partial charge in [-0.15, -0.1) is 11.3 Å². The zero-order valence-electron chi connectivity index (χ0n) is 17.1. The van der Waals surface area contributed by atoms with Crippen molar-refractivity contribution in [1.82, 2.24) is 4.57 Å². The molecule has 160 valence electrons. The maximum absolute atomic E-state index is 14.3. The summed E-state index contributed by atoms with van der Waals surface area (Å²) in [4.78, 5) is 17.2. The molecule has 1 N–H and O–H groups in total. The molecule has 0 saturated heterocycles. The molecule has 3 aromatic rings. The number of carbonyl (C=O) groups is 1. The van der Waals surface area contributed by atoms with Crippen LogP contribution in [-0.2, 0) is 11.3 Å². The van der Waals surface area contributed by atoms with Crippen molar-refractivity contribution in [2.24, 2.45) is 10.9 Å². The molecule has 1 aliphatic carbocycles. The van der Waals surface area contributed by atoms with Crippen LogP contribution >= 0.6 is 11.3 Å². The number of thiazole rings is 1. The van der Waals surface area contributed by atoms with Gasteiger partial charge in [0.1, 0.15) is 17.3 Å². The van der Waals surface area contributed by atoms with E-state index in [4.69, 9.17) is 4.74 Å². The Hall–Kier alpha value is -2.93. The molecule has 0 bridgehead atoms. The summed E-state index contributed by atoms with van der Waals surface area (Å²) in [6.45, 7) is 0.893. The van der Waals surface area contributed by atoms with E-state index < -0.39 is 0 Å². The highest BCUT2D eigenvalue weighted by atomic mass is 32.1. The highest BCUT2D eigenvalue weighted by Gasteiger charge is 2.20. The molecule has 5 nitrogen and oxygen atoms in total. The van der Waals surface area contributed by atoms with Gasteiger partial charge in [-0.25, -0.2) is 9.38 Å². The molecule has 31 heavy (non-hydrogen) atoms. The molecule has 0 spiro atoms. The minimum absolute atomic E-state index is 0.0398. The summed E-state index contributed by atoms with van der Waals surface area (Å²) in [7, 11) is 0. The maximum atomic E-state index is 14.3. The molecule has 0 atom stereocenters. The molecule has 5 rings (SSSR count). The first kappa shape index (κ1) is 20.0. The van der Waals surface area contributed by atoms with E-state index in [1.165, 1.54) is 49.5 Å². The van der Waals surface area contributed by atoms with Crippen LogP contribution in [0.2, 0.25) is 0 Å². The van der Waals surface area contributed by atoms with Crippen LogP contribution in [0, 0.1) is 11.7 Å². The third-order valence-electron chi connectivity index (χ3n) is 5.94. The lowest BCUT2D eigenvalue weighted by Gasteiger charge is -2.23. The first-order chi connectivity index (χ1) is 15.2. The van der Waals surface area contributed by atoms with Gasteiger partial charge in [-0.3, -0.25) is 4.79 Å². The van der Waals surface area contributed by atoms with Crippen LogP contribution in [0.15, 0.2) is 52.8 Å². The number of aromatic nitrogens is 1. The fourth-order valence-corrected chi connectivity index (χ4v) is 5.27. The Morgan fingerprint density at radius 2 is 2.00 bits per heavy atom. The van der Waals surface area contributed by atoms with E-state index in [9.17, 15) is 9.18 Å². The largest absolute Gasteiger partial charge is 0.482 e. The second-order valence-corrected chi connectivity index (χ2v) is 8.97. The van der Waals surface area contributed by atoms with E-state index >= 15 is 0 Å². The summed E-state index contributed by atoms with van der Waals surface area (Å²) >= 11 is 1.51. The van der Waals surface area contributed by atoms with Gasteiger partial charge in [-0.2, -0.15) is 0 Å². The molecule has 0 unspecified atom stereocenters. The number of hydrogen-bond acceptors (Lipinski definition) is 4. The summed E-state index contributed by atoms with van der Waals surface area (Å²) in [6, 6.07) is 12.4. The van der Waals surface area contributed by atoms with Crippen LogP contribution in [0.5, 0.6) is 5.75 Å². The number of nitrogens with zero attached hydrogens (tertiary/aromatic N) is 2. The Labute approximate surface area is 184 Å². The normalized spacial score (nSPS) is 17.2. The summed E-state index contributed by atoms with van der Waals surface area (Å²) in [5.74, 6) is 0.784. The Morgan fingerprint density at radius 1 is 1.16 bits per heavy atom. The number of halogens is 1.